The SMILES string of the molecule is CCCCN(CC)C(=O)Cn1c(=O)oc2ccccc21. The van der Waals surface area contributed by atoms with Crippen molar-refractivity contribution < 1.29 is 9.21 Å². The molecule has 0 unspecified atom stereocenters. The van der Waals surface area contributed by atoms with Gasteiger partial charge in [0.05, 0.1) is 5.52 Å². The van der Waals surface area contributed by atoms with Gasteiger partial charge in [-0.15, -0.1) is 0 Å². The minimum absolute atomic E-state index is 0.0351. The first kappa shape index (κ1) is 14.4. The lowest BCUT2D eigenvalue weighted by Crippen LogP contribution is -2.36. The maximum Gasteiger partial charge on any atom is 0.420 e. The number of para-hydroxylation sites is 2. The van der Waals surface area contributed by atoms with E-state index in [1.54, 1.807) is 23.1 Å². The first-order chi connectivity index (χ1) is 9.67. The zero-order valence-electron chi connectivity index (χ0n) is 12.0. The summed E-state index contributed by atoms with van der Waals surface area (Å²) < 4.78 is 6.53. The number of carbonyl (C=O) groups is 1. The Labute approximate surface area is 117 Å². The molecule has 1 heterocycles. The largest absolute Gasteiger partial charge is 0.420 e. The fourth-order valence-corrected chi connectivity index (χ4v) is 2.21. The summed E-state index contributed by atoms with van der Waals surface area (Å²) in [6.45, 7) is 5.46. The van der Waals surface area contributed by atoms with Crippen LogP contribution in [0.2, 0.25) is 0 Å². The standard InChI is InChI=1S/C15H20N2O3/c1-3-5-10-16(4-2)14(18)11-17-12-8-6-7-9-13(12)20-15(17)19/h6-9H,3-5,10-11H2,1-2H3. The summed E-state index contributed by atoms with van der Waals surface area (Å²) in [4.78, 5) is 25.9. The van der Waals surface area contributed by atoms with Crippen molar-refractivity contribution in [1.29, 1.82) is 0 Å². The summed E-state index contributed by atoms with van der Waals surface area (Å²) in [7, 11) is 0. The normalized spacial score (nSPS) is 10.9. The Hall–Kier alpha value is -2.04. The molecule has 1 aromatic carbocycles. The average molecular weight is 276 g/mol. The molecule has 0 aliphatic carbocycles. The maximum atomic E-state index is 12.3. The van der Waals surface area contributed by atoms with Crippen molar-refractivity contribution >= 4 is 17.0 Å². The van der Waals surface area contributed by atoms with E-state index < -0.39 is 5.76 Å². The first-order valence-corrected chi connectivity index (χ1v) is 7.03. The van der Waals surface area contributed by atoms with E-state index in [2.05, 4.69) is 6.92 Å². The summed E-state index contributed by atoms with van der Waals surface area (Å²) in [5.74, 6) is -0.527. The lowest BCUT2D eigenvalue weighted by Gasteiger charge is -2.20. The number of likely N-dealkylation sites (N-methyl/N-ethyl adjacent to an activating group) is 1. The number of rotatable bonds is 6. The van der Waals surface area contributed by atoms with Crippen LogP contribution in [-0.4, -0.2) is 28.5 Å². The highest BCUT2D eigenvalue weighted by molar-refractivity contribution is 5.79. The second kappa shape index (κ2) is 6.41. The Kier molecular flexibility index (Phi) is 4.61. The third-order valence-electron chi connectivity index (χ3n) is 3.38. The number of amides is 1. The molecule has 0 N–H and O–H groups in total. The fourth-order valence-electron chi connectivity index (χ4n) is 2.21. The van der Waals surface area contributed by atoms with Crippen LogP contribution in [0.1, 0.15) is 26.7 Å². The van der Waals surface area contributed by atoms with E-state index in [0.29, 0.717) is 17.6 Å². The van der Waals surface area contributed by atoms with Crippen molar-refractivity contribution in [2.45, 2.75) is 33.2 Å². The summed E-state index contributed by atoms with van der Waals surface area (Å²) in [5.41, 5.74) is 1.18. The molecule has 0 atom stereocenters. The van der Waals surface area contributed by atoms with Crippen molar-refractivity contribution in [2.24, 2.45) is 0 Å². The Bertz CT molecular complexity index is 642. The van der Waals surface area contributed by atoms with Gasteiger partial charge in [-0.05, 0) is 25.5 Å². The number of fused-ring (bicyclic) bond motifs is 1. The van der Waals surface area contributed by atoms with Gasteiger partial charge in [-0.2, -0.15) is 0 Å². The van der Waals surface area contributed by atoms with Crippen molar-refractivity contribution in [3.05, 3.63) is 34.8 Å². The highest BCUT2D eigenvalue weighted by atomic mass is 16.4. The lowest BCUT2D eigenvalue weighted by molar-refractivity contribution is -0.131. The van der Waals surface area contributed by atoms with Crippen LogP contribution in [0.5, 0.6) is 0 Å². The zero-order valence-corrected chi connectivity index (χ0v) is 12.0. The second-order valence-corrected chi connectivity index (χ2v) is 4.75. The summed E-state index contributed by atoms with van der Waals surface area (Å²) in [6, 6.07) is 7.15. The van der Waals surface area contributed by atoms with Gasteiger partial charge in [0.15, 0.2) is 5.58 Å². The van der Waals surface area contributed by atoms with E-state index in [1.165, 1.54) is 4.57 Å². The molecule has 0 aliphatic heterocycles. The van der Waals surface area contributed by atoms with E-state index >= 15 is 0 Å². The molecule has 0 saturated heterocycles. The van der Waals surface area contributed by atoms with Gasteiger partial charge in [-0.25, -0.2) is 4.79 Å². The van der Waals surface area contributed by atoms with Gasteiger partial charge in [0.1, 0.15) is 6.54 Å². The van der Waals surface area contributed by atoms with E-state index in [-0.39, 0.29) is 12.5 Å². The number of oxazole rings is 1. The van der Waals surface area contributed by atoms with Crippen LogP contribution in [0.3, 0.4) is 0 Å². The highest BCUT2D eigenvalue weighted by Crippen LogP contribution is 2.12. The summed E-state index contributed by atoms with van der Waals surface area (Å²) in [5, 5.41) is 0. The molecular weight excluding hydrogens is 256 g/mol. The molecule has 1 aromatic heterocycles. The minimum Gasteiger partial charge on any atom is -0.408 e. The number of aromatic nitrogens is 1. The monoisotopic (exact) mass is 276 g/mol. The zero-order chi connectivity index (χ0) is 14.5. The molecule has 1 amide bonds. The van der Waals surface area contributed by atoms with Crippen LogP contribution < -0.4 is 5.76 Å². The molecule has 0 fully saturated rings. The smallest absolute Gasteiger partial charge is 0.408 e. The van der Waals surface area contributed by atoms with Crippen LogP contribution in [0.15, 0.2) is 33.5 Å². The van der Waals surface area contributed by atoms with Crippen molar-refractivity contribution in [1.82, 2.24) is 9.47 Å². The third-order valence-corrected chi connectivity index (χ3v) is 3.38. The lowest BCUT2D eigenvalue weighted by atomic mass is 10.3. The molecule has 20 heavy (non-hydrogen) atoms. The van der Waals surface area contributed by atoms with Crippen LogP contribution in [0.4, 0.5) is 0 Å². The molecular formula is C15H20N2O3. The number of hydrogen-bond acceptors (Lipinski definition) is 3. The molecule has 5 heteroatoms. The molecule has 0 aliphatic rings. The highest BCUT2D eigenvalue weighted by Gasteiger charge is 2.16. The quantitative estimate of drug-likeness (QED) is 0.813. The summed E-state index contributed by atoms with van der Waals surface area (Å²) >= 11 is 0. The van der Waals surface area contributed by atoms with Crippen molar-refractivity contribution in [3.8, 4) is 0 Å². The van der Waals surface area contributed by atoms with Gasteiger partial charge in [0.2, 0.25) is 5.91 Å². The minimum atomic E-state index is -0.480. The molecule has 0 saturated carbocycles. The molecule has 2 rings (SSSR count). The van der Waals surface area contributed by atoms with Gasteiger partial charge in [-0.1, -0.05) is 25.5 Å². The molecule has 0 radical (unpaired) electrons. The predicted molar refractivity (Wildman–Crippen MR) is 77.6 cm³/mol. The van der Waals surface area contributed by atoms with Crippen molar-refractivity contribution in [3.63, 3.8) is 0 Å². The van der Waals surface area contributed by atoms with Gasteiger partial charge < -0.3 is 9.32 Å². The second-order valence-electron chi connectivity index (χ2n) is 4.75. The number of unbranched alkanes of at least 4 members (excludes halogenated alkanes) is 1. The third kappa shape index (κ3) is 2.92. The predicted octanol–water partition coefficient (Wildman–Crippen LogP) is 2.24. The fraction of sp³-hybridized carbons (Fsp3) is 0.467. The number of benzene rings is 1. The molecule has 108 valence electrons. The van der Waals surface area contributed by atoms with Gasteiger partial charge in [0, 0.05) is 13.1 Å². The number of hydrogen-bond donors (Lipinski definition) is 0. The number of nitrogens with zero attached hydrogens (tertiary/aromatic N) is 2. The van der Waals surface area contributed by atoms with E-state index in [4.69, 9.17) is 4.42 Å². The Morgan fingerprint density at radius 3 is 2.75 bits per heavy atom. The van der Waals surface area contributed by atoms with E-state index in [9.17, 15) is 9.59 Å². The molecule has 2 aromatic rings. The molecule has 0 bridgehead atoms. The Balaban J connectivity index is 2.21. The average Bonchev–Trinajstić information content (AvgIpc) is 2.76. The molecule has 0 spiro atoms. The van der Waals surface area contributed by atoms with Crippen molar-refractivity contribution in [2.75, 3.05) is 13.1 Å². The van der Waals surface area contributed by atoms with Gasteiger partial charge in [0.25, 0.3) is 0 Å². The van der Waals surface area contributed by atoms with E-state index in [0.717, 1.165) is 19.4 Å². The summed E-state index contributed by atoms with van der Waals surface area (Å²) in [6.07, 6.45) is 2.01. The Morgan fingerprint density at radius 1 is 1.30 bits per heavy atom. The molecule has 5 nitrogen and oxygen atoms in total. The van der Waals surface area contributed by atoms with Crippen LogP contribution in [0.25, 0.3) is 11.1 Å². The van der Waals surface area contributed by atoms with Gasteiger partial charge in [-0.3, -0.25) is 9.36 Å². The Morgan fingerprint density at radius 2 is 2.05 bits per heavy atom. The first-order valence-electron chi connectivity index (χ1n) is 7.03. The van der Waals surface area contributed by atoms with Crippen LogP contribution >= 0.6 is 0 Å². The van der Waals surface area contributed by atoms with Gasteiger partial charge >= 0.3 is 5.76 Å². The maximum absolute atomic E-state index is 12.3. The van der Waals surface area contributed by atoms with Crippen LogP contribution in [0, 0.1) is 0 Å². The van der Waals surface area contributed by atoms with E-state index in [1.807, 2.05) is 13.0 Å². The van der Waals surface area contributed by atoms with Crippen LogP contribution in [-0.2, 0) is 11.3 Å². The topological polar surface area (TPSA) is 55.5 Å². The number of carbonyl (C=O) groups excluding carboxylic acids is 1.